The summed E-state index contributed by atoms with van der Waals surface area (Å²) < 4.78 is 10.6. The maximum atomic E-state index is 12.4. The van der Waals surface area contributed by atoms with Crippen molar-refractivity contribution in [2.45, 2.75) is 13.0 Å². The Morgan fingerprint density at radius 1 is 1.35 bits per heavy atom. The van der Waals surface area contributed by atoms with Crippen molar-refractivity contribution in [3.8, 4) is 5.75 Å². The number of hydrogen-bond acceptors (Lipinski definition) is 5. The standard InChI is InChI=1S/C16H23N3O4/c1-12(16(21)19-6-8-22-9-7-19)18-13-4-3-5-14(10-13)23-11-15(20)17-2/h3-5,10,12,18H,6-9,11H2,1-2H3,(H,17,20). The zero-order valence-corrected chi connectivity index (χ0v) is 13.5. The van der Waals surface area contributed by atoms with Crippen LogP contribution in [0.4, 0.5) is 5.69 Å². The average molecular weight is 321 g/mol. The highest BCUT2D eigenvalue weighted by Gasteiger charge is 2.22. The molecule has 0 aromatic heterocycles. The zero-order valence-electron chi connectivity index (χ0n) is 13.5. The van der Waals surface area contributed by atoms with Crippen molar-refractivity contribution in [1.29, 1.82) is 0 Å². The van der Waals surface area contributed by atoms with E-state index >= 15 is 0 Å². The van der Waals surface area contributed by atoms with Crippen molar-refractivity contribution in [2.75, 3.05) is 45.3 Å². The van der Waals surface area contributed by atoms with Crippen molar-refractivity contribution in [3.05, 3.63) is 24.3 Å². The first kappa shape index (κ1) is 17.1. The molecular formula is C16H23N3O4. The Balaban J connectivity index is 1.91. The smallest absolute Gasteiger partial charge is 0.257 e. The van der Waals surface area contributed by atoms with Crippen LogP contribution in [0.3, 0.4) is 0 Å². The summed E-state index contributed by atoms with van der Waals surface area (Å²) in [5.74, 6) is 0.425. The van der Waals surface area contributed by atoms with E-state index in [1.807, 2.05) is 19.1 Å². The number of anilines is 1. The highest BCUT2D eigenvalue weighted by molar-refractivity contribution is 5.84. The second-order valence-electron chi connectivity index (χ2n) is 5.29. The van der Waals surface area contributed by atoms with Crippen molar-refractivity contribution >= 4 is 17.5 Å². The molecule has 1 heterocycles. The van der Waals surface area contributed by atoms with Gasteiger partial charge in [0.2, 0.25) is 5.91 Å². The zero-order chi connectivity index (χ0) is 16.7. The molecule has 0 saturated carbocycles. The lowest BCUT2D eigenvalue weighted by atomic mass is 10.2. The molecular weight excluding hydrogens is 298 g/mol. The number of likely N-dealkylation sites (N-methyl/N-ethyl adjacent to an activating group) is 1. The molecule has 2 rings (SSSR count). The summed E-state index contributed by atoms with van der Waals surface area (Å²) in [7, 11) is 1.56. The van der Waals surface area contributed by atoms with Crippen LogP contribution in [-0.4, -0.2) is 62.7 Å². The van der Waals surface area contributed by atoms with Crippen molar-refractivity contribution in [2.24, 2.45) is 0 Å². The third-order valence-corrected chi connectivity index (χ3v) is 3.56. The number of morpholine rings is 1. The van der Waals surface area contributed by atoms with Crippen LogP contribution < -0.4 is 15.4 Å². The molecule has 0 spiro atoms. The van der Waals surface area contributed by atoms with Crippen molar-refractivity contribution < 1.29 is 19.1 Å². The predicted molar refractivity (Wildman–Crippen MR) is 86.5 cm³/mol. The van der Waals surface area contributed by atoms with E-state index in [2.05, 4.69) is 10.6 Å². The van der Waals surface area contributed by atoms with Gasteiger partial charge >= 0.3 is 0 Å². The van der Waals surface area contributed by atoms with Crippen LogP contribution in [-0.2, 0) is 14.3 Å². The average Bonchev–Trinajstić information content (AvgIpc) is 2.60. The Hall–Kier alpha value is -2.28. The molecule has 1 aromatic rings. The second kappa shape index (κ2) is 8.38. The summed E-state index contributed by atoms with van der Waals surface area (Å²) in [6.45, 7) is 4.21. The first-order valence-corrected chi connectivity index (χ1v) is 7.66. The first-order valence-electron chi connectivity index (χ1n) is 7.66. The molecule has 1 aliphatic heterocycles. The molecule has 7 heteroatoms. The first-order chi connectivity index (χ1) is 11.1. The van der Waals surface area contributed by atoms with E-state index in [1.54, 1.807) is 24.1 Å². The topological polar surface area (TPSA) is 79.9 Å². The van der Waals surface area contributed by atoms with Gasteiger partial charge in [0.05, 0.1) is 13.2 Å². The van der Waals surface area contributed by atoms with Gasteiger partial charge in [0.25, 0.3) is 5.91 Å². The number of nitrogens with one attached hydrogen (secondary N) is 2. The summed E-state index contributed by atoms with van der Waals surface area (Å²) in [6.07, 6.45) is 0. The van der Waals surface area contributed by atoms with Gasteiger partial charge in [-0.25, -0.2) is 0 Å². The van der Waals surface area contributed by atoms with Crippen LogP contribution in [0.15, 0.2) is 24.3 Å². The molecule has 2 amide bonds. The monoisotopic (exact) mass is 321 g/mol. The number of ether oxygens (including phenoxy) is 2. The van der Waals surface area contributed by atoms with Crippen molar-refractivity contribution in [3.63, 3.8) is 0 Å². The van der Waals surface area contributed by atoms with Crippen LogP contribution in [0.25, 0.3) is 0 Å². The molecule has 0 bridgehead atoms. The van der Waals surface area contributed by atoms with Gasteiger partial charge in [-0.2, -0.15) is 0 Å². The number of hydrogen-bond donors (Lipinski definition) is 2. The van der Waals surface area contributed by atoms with Crippen LogP contribution in [0, 0.1) is 0 Å². The maximum Gasteiger partial charge on any atom is 0.257 e. The summed E-state index contributed by atoms with van der Waals surface area (Å²) in [5, 5.41) is 5.66. The van der Waals surface area contributed by atoms with Crippen molar-refractivity contribution in [1.82, 2.24) is 10.2 Å². The number of amides is 2. The third-order valence-electron chi connectivity index (χ3n) is 3.56. The maximum absolute atomic E-state index is 12.4. The molecule has 7 nitrogen and oxygen atoms in total. The van der Waals surface area contributed by atoms with Gasteiger partial charge in [0.1, 0.15) is 11.8 Å². The largest absolute Gasteiger partial charge is 0.484 e. The van der Waals surface area contributed by atoms with Gasteiger partial charge in [-0.3, -0.25) is 9.59 Å². The summed E-state index contributed by atoms with van der Waals surface area (Å²) in [5.41, 5.74) is 0.772. The van der Waals surface area contributed by atoms with Crippen LogP contribution in [0.5, 0.6) is 5.75 Å². The van der Waals surface area contributed by atoms with E-state index < -0.39 is 0 Å². The molecule has 0 radical (unpaired) electrons. The molecule has 0 aliphatic carbocycles. The predicted octanol–water partition coefficient (Wildman–Crippen LogP) is 0.471. The molecule has 1 unspecified atom stereocenters. The molecule has 1 atom stereocenters. The summed E-state index contributed by atoms with van der Waals surface area (Å²) in [6, 6.07) is 6.86. The van der Waals surface area contributed by atoms with E-state index in [-0.39, 0.29) is 24.5 Å². The van der Waals surface area contributed by atoms with E-state index in [1.165, 1.54) is 0 Å². The Kier molecular flexibility index (Phi) is 6.22. The van der Waals surface area contributed by atoms with Gasteiger partial charge < -0.3 is 25.0 Å². The molecule has 1 fully saturated rings. The minimum Gasteiger partial charge on any atom is -0.484 e. The minimum atomic E-state index is -0.345. The van der Waals surface area contributed by atoms with Crippen LogP contribution in [0.1, 0.15) is 6.92 Å². The molecule has 1 saturated heterocycles. The fourth-order valence-electron chi connectivity index (χ4n) is 2.27. The SMILES string of the molecule is CNC(=O)COc1cccc(NC(C)C(=O)N2CCOCC2)c1. The van der Waals surface area contributed by atoms with Gasteiger partial charge in [0.15, 0.2) is 6.61 Å². The molecule has 126 valence electrons. The van der Waals surface area contributed by atoms with Gasteiger partial charge in [-0.05, 0) is 19.1 Å². The number of carbonyl (C=O) groups is 2. The van der Waals surface area contributed by atoms with E-state index in [4.69, 9.17) is 9.47 Å². The highest BCUT2D eigenvalue weighted by Crippen LogP contribution is 2.18. The number of benzene rings is 1. The fraction of sp³-hybridized carbons (Fsp3) is 0.500. The molecule has 1 aromatic carbocycles. The molecule has 1 aliphatic rings. The van der Waals surface area contributed by atoms with E-state index in [0.717, 1.165) is 5.69 Å². The lowest BCUT2D eigenvalue weighted by Crippen LogP contribution is -2.46. The summed E-state index contributed by atoms with van der Waals surface area (Å²) >= 11 is 0. The Morgan fingerprint density at radius 3 is 2.78 bits per heavy atom. The van der Waals surface area contributed by atoms with Crippen LogP contribution >= 0.6 is 0 Å². The third kappa shape index (κ3) is 5.14. The lowest BCUT2D eigenvalue weighted by Gasteiger charge is -2.29. The molecule has 2 N–H and O–H groups in total. The normalized spacial score (nSPS) is 15.7. The number of rotatable bonds is 6. The van der Waals surface area contributed by atoms with Gasteiger partial charge in [-0.15, -0.1) is 0 Å². The molecule has 23 heavy (non-hydrogen) atoms. The Bertz CT molecular complexity index is 544. The van der Waals surface area contributed by atoms with E-state index in [9.17, 15) is 9.59 Å². The highest BCUT2D eigenvalue weighted by atomic mass is 16.5. The summed E-state index contributed by atoms with van der Waals surface area (Å²) in [4.78, 5) is 25.4. The lowest BCUT2D eigenvalue weighted by molar-refractivity contribution is -0.135. The fourth-order valence-corrected chi connectivity index (χ4v) is 2.27. The minimum absolute atomic E-state index is 0.0395. The number of nitrogens with zero attached hydrogens (tertiary/aromatic N) is 1. The second-order valence-corrected chi connectivity index (χ2v) is 5.29. The number of carbonyl (C=O) groups excluding carboxylic acids is 2. The van der Waals surface area contributed by atoms with Crippen LogP contribution in [0.2, 0.25) is 0 Å². The van der Waals surface area contributed by atoms with Gasteiger partial charge in [-0.1, -0.05) is 6.07 Å². The van der Waals surface area contributed by atoms with Gasteiger partial charge in [0, 0.05) is 31.9 Å². The van der Waals surface area contributed by atoms with E-state index in [0.29, 0.717) is 32.1 Å². The quantitative estimate of drug-likeness (QED) is 0.796. The Labute approximate surface area is 135 Å². The Morgan fingerprint density at radius 2 is 2.09 bits per heavy atom.